The van der Waals surface area contributed by atoms with Gasteiger partial charge in [0.15, 0.2) is 0 Å². The van der Waals surface area contributed by atoms with Gasteiger partial charge in [-0.25, -0.2) is 4.98 Å². The van der Waals surface area contributed by atoms with Crippen molar-refractivity contribution in [3.05, 3.63) is 71.5 Å². The Morgan fingerprint density at radius 2 is 2.03 bits per heavy atom. The fourth-order valence-corrected chi connectivity index (χ4v) is 5.83. The number of fused-ring (bicyclic) bond motifs is 1. The molecule has 2 aromatic carbocycles. The number of hydrogen-bond donors (Lipinski definition) is 2. The summed E-state index contributed by atoms with van der Waals surface area (Å²) < 4.78 is 6.11. The van der Waals surface area contributed by atoms with E-state index in [1.165, 1.54) is 16.0 Å². The second kappa shape index (κ2) is 9.32. The summed E-state index contributed by atoms with van der Waals surface area (Å²) in [6.45, 7) is 4.75. The molecular weight excluding hydrogens is 464 g/mol. The minimum atomic E-state index is -0.566. The number of pyridine rings is 1. The minimum absolute atomic E-state index is 0.109. The first-order valence-electron chi connectivity index (χ1n) is 12.9. The Hall–Kier alpha value is -3.68. The zero-order valence-corrected chi connectivity index (χ0v) is 21.5. The van der Waals surface area contributed by atoms with Crippen LogP contribution in [0.1, 0.15) is 40.7 Å². The molecule has 7 nitrogen and oxygen atoms in total. The Labute approximate surface area is 216 Å². The molecule has 4 aromatic rings. The van der Waals surface area contributed by atoms with Crippen molar-refractivity contribution in [3.63, 3.8) is 0 Å². The molecule has 4 heterocycles. The molecule has 0 fully saturated rings. The molecule has 0 spiro atoms. The Bertz CT molecular complexity index is 1470. The van der Waals surface area contributed by atoms with Gasteiger partial charge in [0.25, 0.3) is 5.91 Å². The van der Waals surface area contributed by atoms with Crippen LogP contribution in [-0.2, 0) is 6.54 Å². The molecule has 1 unspecified atom stereocenters. The molecule has 7 heteroatoms. The number of ether oxygens (including phenoxy) is 1. The monoisotopic (exact) mass is 496 g/mol. The highest BCUT2D eigenvalue weighted by atomic mass is 16.5. The van der Waals surface area contributed by atoms with Gasteiger partial charge in [-0.2, -0.15) is 0 Å². The normalized spacial score (nSPS) is 17.8. The minimum Gasteiger partial charge on any atom is -0.493 e. The first kappa shape index (κ1) is 23.7. The van der Waals surface area contributed by atoms with E-state index in [9.17, 15) is 9.90 Å². The quantitative estimate of drug-likeness (QED) is 0.420. The number of aliphatic hydroxyl groups is 1. The number of amides is 1. The van der Waals surface area contributed by atoms with Crippen LogP contribution in [0.25, 0.3) is 33.3 Å². The molecule has 2 atom stereocenters. The van der Waals surface area contributed by atoms with E-state index in [0.717, 1.165) is 65.2 Å². The highest BCUT2D eigenvalue weighted by molar-refractivity contribution is 5.98. The summed E-state index contributed by atoms with van der Waals surface area (Å²) in [5.74, 6) is 1.46. The van der Waals surface area contributed by atoms with Crippen molar-refractivity contribution < 1.29 is 14.6 Å². The summed E-state index contributed by atoms with van der Waals surface area (Å²) in [5.41, 5.74) is 8.37. The molecular formula is C30H32N4O3. The number of H-pyrrole nitrogens is 1. The number of nitrogens with one attached hydrogen (secondary N) is 1. The van der Waals surface area contributed by atoms with Gasteiger partial charge in [0.05, 0.1) is 12.7 Å². The molecule has 2 aliphatic heterocycles. The number of aromatic amines is 1. The number of carbonyl (C=O) groups is 1. The maximum atomic E-state index is 12.7. The maximum Gasteiger partial charge on any atom is 0.253 e. The lowest BCUT2D eigenvalue weighted by molar-refractivity contribution is 0.0703. The van der Waals surface area contributed by atoms with Gasteiger partial charge in [0.1, 0.15) is 11.4 Å². The standard InChI is InChI=1S/C30H32N4O3/c1-18(35)15-34(3)30(36)20-6-4-19(5-7-20)26-14-32-29-25(26)11-23(13-31-29)22-10-24-17-33(2)16-21-8-9-37-27(12-22)28(21)24/h4-7,10-14,18,21,35H,8-9,15-17H2,1-3H3,(H,31,32)/t18-,21?/m0/s1. The largest absolute Gasteiger partial charge is 0.493 e. The van der Waals surface area contributed by atoms with E-state index >= 15 is 0 Å². The average Bonchev–Trinajstić information content (AvgIpc) is 3.31. The van der Waals surface area contributed by atoms with Crippen LogP contribution in [0, 0.1) is 0 Å². The van der Waals surface area contributed by atoms with E-state index in [-0.39, 0.29) is 5.91 Å². The molecule has 2 aliphatic rings. The van der Waals surface area contributed by atoms with Crippen molar-refractivity contribution in [2.24, 2.45) is 0 Å². The third-order valence-electron chi connectivity index (χ3n) is 7.52. The summed E-state index contributed by atoms with van der Waals surface area (Å²) in [5, 5.41) is 10.6. The Morgan fingerprint density at radius 3 is 2.81 bits per heavy atom. The molecule has 6 rings (SSSR count). The molecule has 1 amide bonds. The summed E-state index contributed by atoms with van der Waals surface area (Å²) in [6.07, 6.45) is 4.40. The van der Waals surface area contributed by atoms with Crippen LogP contribution in [0.3, 0.4) is 0 Å². The van der Waals surface area contributed by atoms with E-state index < -0.39 is 6.10 Å². The summed E-state index contributed by atoms with van der Waals surface area (Å²) in [6, 6.07) is 14.3. The van der Waals surface area contributed by atoms with Crippen LogP contribution in [0.2, 0.25) is 0 Å². The van der Waals surface area contributed by atoms with E-state index in [1.807, 2.05) is 36.7 Å². The lowest BCUT2D eigenvalue weighted by Gasteiger charge is -2.36. The van der Waals surface area contributed by atoms with Crippen LogP contribution in [0.5, 0.6) is 5.75 Å². The third-order valence-corrected chi connectivity index (χ3v) is 7.52. The van der Waals surface area contributed by atoms with E-state index in [1.54, 1.807) is 14.0 Å². The zero-order valence-electron chi connectivity index (χ0n) is 21.5. The van der Waals surface area contributed by atoms with Gasteiger partial charge in [-0.05, 0) is 67.4 Å². The number of rotatable bonds is 5. The first-order chi connectivity index (χ1) is 17.9. The molecule has 0 bridgehead atoms. The van der Waals surface area contributed by atoms with Crippen LogP contribution in [0.15, 0.2) is 54.9 Å². The lowest BCUT2D eigenvalue weighted by Crippen LogP contribution is -2.33. The summed E-state index contributed by atoms with van der Waals surface area (Å²) in [4.78, 5) is 24.6. The van der Waals surface area contributed by atoms with Crippen molar-refractivity contribution in [3.8, 4) is 28.0 Å². The summed E-state index contributed by atoms with van der Waals surface area (Å²) in [7, 11) is 3.89. The molecule has 0 aliphatic carbocycles. The first-order valence-corrected chi connectivity index (χ1v) is 12.9. The van der Waals surface area contributed by atoms with Crippen molar-refractivity contribution in [1.82, 2.24) is 19.8 Å². The van der Waals surface area contributed by atoms with Gasteiger partial charge in [-0.15, -0.1) is 0 Å². The molecule has 37 heavy (non-hydrogen) atoms. The fourth-order valence-electron chi connectivity index (χ4n) is 5.83. The molecule has 0 saturated heterocycles. The van der Waals surface area contributed by atoms with E-state index in [0.29, 0.717) is 18.0 Å². The van der Waals surface area contributed by atoms with Gasteiger partial charge < -0.3 is 24.6 Å². The van der Waals surface area contributed by atoms with Gasteiger partial charge in [0.2, 0.25) is 0 Å². The number of carbonyl (C=O) groups excluding carboxylic acids is 1. The average molecular weight is 497 g/mol. The molecule has 0 radical (unpaired) electrons. The predicted octanol–water partition coefficient (Wildman–Crippen LogP) is 4.66. The smallest absolute Gasteiger partial charge is 0.253 e. The van der Waals surface area contributed by atoms with Crippen molar-refractivity contribution in [1.29, 1.82) is 0 Å². The number of aromatic nitrogens is 2. The third kappa shape index (κ3) is 4.38. The van der Waals surface area contributed by atoms with Crippen LogP contribution in [0.4, 0.5) is 0 Å². The number of nitrogens with zero attached hydrogens (tertiary/aromatic N) is 3. The van der Waals surface area contributed by atoms with Crippen molar-refractivity contribution in [2.75, 3.05) is 33.8 Å². The van der Waals surface area contributed by atoms with Crippen molar-refractivity contribution >= 4 is 16.9 Å². The Morgan fingerprint density at radius 1 is 1.22 bits per heavy atom. The SMILES string of the molecule is C[C@H](O)CN(C)C(=O)c1ccc(-c2c[nH]c3ncc(-c4cc5c6c(c4)OCCC6CN(C)C5)cc23)cc1. The van der Waals surface area contributed by atoms with Gasteiger partial charge in [-0.3, -0.25) is 4.79 Å². The zero-order chi connectivity index (χ0) is 25.7. The second-order valence-corrected chi connectivity index (χ2v) is 10.5. The van der Waals surface area contributed by atoms with Gasteiger partial charge in [0, 0.05) is 72.6 Å². The molecule has 2 aromatic heterocycles. The number of benzene rings is 2. The van der Waals surface area contributed by atoms with Crippen LogP contribution in [-0.4, -0.2) is 70.7 Å². The van der Waals surface area contributed by atoms with E-state index in [4.69, 9.17) is 9.72 Å². The summed E-state index contributed by atoms with van der Waals surface area (Å²) >= 11 is 0. The molecule has 190 valence electrons. The highest BCUT2D eigenvalue weighted by Crippen LogP contribution is 2.43. The Kier molecular flexibility index (Phi) is 5.97. The maximum absolute atomic E-state index is 12.7. The van der Waals surface area contributed by atoms with Crippen molar-refractivity contribution in [2.45, 2.75) is 31.9 Å². The highest BCUT2D eigenvalue weighted by Gasteiger charge is 2.30. The fraction of sp³-hybridized carbons (Fsp3) is 0.333. The molecule has 0 saturated carbocycles. The molecule has 2 N–H and O–H groups in total. The topological polar surface area (TPSA) is 81.7 Å². The van der Waals surface area contributed by atoms with Crippen LogP contribution >= 0.6 is 0 Å². The van der Waals surface area contributed by atoms with E-state index in [2.05, 4.69) is 35.1 Å². The number of likely N-dealkylation sites (N-methyl/N-ethyl adjacent to an activating group) is 2. The predicted molar refractivity (Wildman–Crippen MR) is 145 cm³/mol. The Balaban J connectivity index is 1.34. The number of hydrogen-bond acceptors (Lipinski definition) is 5. The lowest BCUT2D eigenvalue weighted by atomic mass is 9.84. The van der Waals surface area contributed by atoms with Gasteiger partial charge in [-0.1, -0.05) is 12.1 Å². The van der Waals surface area contributed by atoms with Crippen LogP contribution < -0.4 is 4.74 Å². The second-order valence-electron chi connectivity index (χ2n) is 10.5. The number of aliphatic hydroxyl groups excluding tert-OH is 1. The van der Waals surface area contributed by atoms with Gasteiger partial charge >= 0.3 is 0 Å².